The molecule has 0 spiro atoms. The maximum Gasteiger partial charge on any atom is 0.573 e. The molecule has 0 unspecified atom stereocenters. The van der Waals surface area contributed by atoms with Gasteiger partial charge in [-0.2, -0.15) is 0 Å². The van der Waals surface area contributed by atoms with E-state index < -0.39 is 6.36 Å². The summed E-state index contributed by atoms with van der Waals surface area (Å²) >= 11 is 5.33. The Bertz CT molecular complexity index is 514. The van der Waals surface area contributed by atoms with E-state index in [1.807, 2.05) is 0 Å². The van der Waals surface area contributed by atoms with Crippen LogP contribution in [0.15, 0.2) is 24.3 Å². The SMILES string of the molecule is O=C(Cl)CCN1CCN(Cc2ccc(OC(F)(F)F)cc2)CC1. The Balaban J connectivity index is 1.77. The summed E-state index contributed by atoms with van der Waals surface area (Å²) in [5.41, 5.74) is 0.934. The number of hydrogen-bond acceptors (Lipinski definition) is 4. The molecular formula is C15H18ClF3N2O2. The van der Waals surface area contributed by atoms with Crippen molar-refractivity contribution in [3.63, 3.8) is 0 Å². The van der Waals surface area contributed by atoms with Crippen LogP contribution in [0.5, 0.6) is 5.75 Å². The molecule has 1 aliphatic rings. The minimum atomic E-state index is -4.66. The third-order valence-electron chi connectivity index (χ3n) is 3.65. The summed E-state index contributed by atoms with van der Waals surface area (Å²) in [4.78, 5) is 15.2. The van der Waals surface area contributed by atoms with Crippen LogP contribution in [0.3, 0.4) is 0 Å². The van der Waals surface area contributed by atoms with E-state index in [4.69, 9.17) is 11.6 Å². The predicted octanol–water partition coefficient (Wildman–Crippen LogP) is 2.86. The van der Waals surface area contributed by atoms with Gasteiger partial charge in [-0.15, -0.1) is 13.2 Å². The molecule has 1 fully saturated rings. The molecule has 4 nitrogen and oxygen atoms in total. The van der Waals surface area contributed by atoms with E-state index in [0.29, 0.717) is 19.5 Å². The zero-order valence-corrected chi connectivity index (χ0v) is 13.2. The first-order valence-electron chi connectivity index (χ1n) is 7.29. The van der Waals surface area contributed by atoms with Crippen molar-refractivity contribution in [2.24, 2.45) is 0 Å². The lowest BCUT2D eigenvalue weighted by Crippen LogP contribution is -2.46. The number of alkyl halides is 3. The van der Waals surface area contributed by atoms with E-state index >= 15 is 0 Å². The highest BCUT2D eigenvalue weighted by Crippen LogP contribution is 2.23. The van der Waals surface area contributed by atoms with E-state index in [0.717, 1.165) is 31.7 Å². The largest absolute Gasteiger partial charge is 0.573 e. The van der Waals surface area contributed by atoms with Gasteiger partial charge in [0.05, 0.1) is 0 Å². The van der Waals surface area contributed by atoms with E-state index in [-0.39, 0.29) is 11.0 Å². The zero-order chi connectivity index (χ0) is 16.9. The summed E-state index contributed by atoms with van der Waals surface area (Å²) in [6, 6.07) is 5.93. The smallest absolute Gasteiger partial charge is 0.406 e. The number of nitrogens with zero attached hydrogens (tertiary/aromatic N) is 2. The molecule has 0 atom stereocenters. The van der Waals surface area contributed by atoms with Crippen LogP contribution in [0.1, 0.15) is 12.0 Å². The van der Waals surface area contributed by atoms with Crippen molar-refractivity contribution in [3.05, 3.63) is 29.8 Å². The van der Waals surface area contributed by atoms with E-state index in [9.17, 15) is 18.0 Å². The summed E-state index contributed by atoms with van der Waals surface area (Å²) in [5, 5.41) is -0.325. The van der Waals surface area contributed by atoms with Crippen molar-refractivity contribution < 1.29 is 22.7 Å². The van der Waals surface area contributed by atoms with Gasteiger partial charge in [0, 0.05) is 45.7 Å². The van der Waals surface area contributed by atoms with Crippen molar-refractivity contribution >= 4 is 16.8 Å². The molecule has 1 aliphatic heterocycles. The fourth-order valence-corrected chi connectivity index (χ4v) is 2.56. The van der Waals surface area contributed by atoms with Crippen LogP contribution >= 0.6 is 11.6 Å². The number of piperazine rings is 1. The van der Waals surface area contributed by atoms with Gasteiger partial charge in [0.15, 0.2) is 0 Å². The fraction of sp³-hybridized carbons (Fsp3) is 0.533. The van der Waals surface area contributed by atoms with Gasteiger partial charge in [-0.1, -0.05) is 12.1 Å². The summed E-state index contributed by atoms with van der Waals surface area (Å²) in [6.45, 7) is 4.72. The Morgan fingerprint density at radius 1 is 1.09 bits per heavy atom. The molecule has 0 bridgehead atoms. The molecule has 128 valence electrons. The molecule has 1 aromatic rings. The Morgan fingerprint density at radius 2 is 1.65 bits per heavy atom. The topological polar surface area (TPSA) is 32.8 Å². The number of carbonyl (C=O) groups is 1. The molecular weight excluding hydrogens is 333 g/mol. The average molecular weight is 351 g/mol. The number of ether oxygens (including phenoxy) is 1. The normalized spacial score (nSPS) is 17.2. The molecule has 1 heterocycles. The van der Waals surface area contributed by atoms with Crippen LogP contribution in [-0.4, -0.2) is 54.1 Å². The molecule has 0 aromatic heterocycles. The molecule has 23 heavy (non-hydrogen) atoms. The summed E-state index contributed by atoms with van der Waals surface area (Å²) in [7, 11) is 0. The van der Waals surface area contributed by atoms with Crippen molar-refractivity contribution in [2.75, 3.05) is 32.7 Å². The quantitative estimate of drug-likeness (QED) is 0.739. The molecule has 2 rings (SSSR count). The lowest BCUT2D eigenvalue weighted by atomic mass is 10.2. The lowest BCUT2D eigenvalue weighted by Gasteiger charge is -2.34. The van der Waals surface area contributed by atoms with Gasteiger partial charge in [-0.05, 0) is 29.3 Å². The Hall–Kier alpha value is -1.31. The van der Waals surface area contributed by atoms with Gasteiger partial charge in [0.1, 0.15) is 5.75 Å². The molecule has 0 saturated carbocycles. The molecule has 0 aliphatic carbocycles. The van der Waals surface area contributed by atoms with Crippen LogP contribution < -0.4 is 4.74 Å². The molecule has 0 N–H and O–H groups in total. The second kappa shape index (κ2) is 7.99. The second-order valence-corrected chi connectivity index (χ2v) is 5.84. The van der Waals surface area contributed by atoms with Gasteiger partial charge < -0.3 is 9.64 Å². The predicted molar refractivity (Wildman–Crippen MR) is 80.3 cm³/mol. The van der Waals surface area contributed by atoms with Crippen molar-refractivity contribution in [3.8, 4) is 5.75 Å². The van der Waals surface area contributed by atoms with Gasteiger partial charge in [-0.25, -0.2) is 0 Å². The average Bonchev–Trinajstić information content (AvgIpc) is 2.47. The van der Waals surface area contributed by atoms with Crippen molar-refractivity contribution in [2.45, 2.75) is 19.3 Å². The molecule has 0 radical (unpaired) electrons. The monoisotopic (exact) mass is 350 g/mol. The maximum absolute atomic E-state index is 12.1. The highest BCUT2D eigenvalue weighted by Gasteiger charge is 2.31. The first kappa shape index (κ1) is 18.0. The van der Waals surface area contributed by atoms with Crippen molar-refractivity contribution in [1.29, 1.82) is 0 Å². The zero-order valence-electron chi connectivity index (χ0n) is 12.5. The van der Waals surface area contributed by atoms with Crippen LogP contribution in [0.25, 0.3) is 0 Å². The van der Waals surface area contributed by atoms with Crippen LogP contribution in [-0.2, 0) is 11.3 Å². The number of halogens is 4. The Labute approximate surface area is 137 Å². The number of hydrogen-bond donors (Lipinski definition) is 0. The maximum atomic E-state index is 12.1. The van der Waals surface area contributed by atoms with Crippen LogP contribution in [0, 0.1) is 0 Å². The van der Waals surface area contributed by atoms with Crippen LogP contribution in [0.2, 0.25) is 0 Å². The minimum Gasteiger partial charge on any atom is -0.406 e. The molecule has 1 saturated heterocycles. The van der Waals surface area contributed by atoms with Gasteiger partial charge >= 0.3 is 6.36 Å². The standard InChI is InChI=1S/C15H18ClF3N2O2/c16-14(22)5-6-20-7-9-21(10-8-20)11-12-1-3-13(4-2-12)23-15(17,18)19/h1-4H,5-11H2. The highest BCUT2D eigenvalue weighted by molar-refractivity contribution is 6.63. The van der Waals surface area contributed by atoms with Crippen LogP contribution in [0.4, 0.5) is 13.2 Å². The lowest BCUT2D eigenvalue weighted by molar-refractivity contribution is -0.274. The van der Waals surface area contributed by atoms with Gasteiger partial charge in [0.25, 0.3) is 0 Å². The van der Waals surface area contributed by atoms with Gasteiger partial charge in [0.2, 0.25) is 5.24 Å². The van der Waals surface area contributed by atoms with Gasteiger partial charge in [-0.3, -0.25) is 9.69 Å². The number of rotatable bonds is 6. The third kappa shape index (κ3) is 6.76. The summed E-state index contributed by atoms with van der Waals surface area (Å²) in [5.74, 6) is -0.211. The number of carbonyl (C=O) groups excluding carboxylic acids is 1. The second-order valence-electron chi connectivity index (χ2n) is 5.41. The molecule has 1 aromatic carbocycles. The first-order valence-corrected chi connectivity index (χ1v) is 7.67. The van der Waals surface area contributed by atoms with E-state index in [1.165, 1.54) is 12.1 Å². The molecule has 0 amide bonds. The van der Waals surface area contributed by atoms with Crippen molar-refractivity contribution in [1.82, 2.24) is 9.80 Å². The summed E-state index contributed by atoms with van der Waals surface area (Å²) in [6.07, 6.45) is -4.31. The Morgan fingerprint density at radius 3 is 2.17 bits per heavy atom. The highest BCUT2D eigenvalue weighted by atomic mass is 35.5. The van der Waals surface area contributed by atoms with E-state index in [1.54, 1.807) is 12.1 Å². The third-order valence-corrected chi connectivity index (χ3v) is 3.84. The number of benzene rings is 1. The minimum absolute atomic E-state index is 0.211. The first-order chi connectivity index (χ1) is 10.8. The fourth-order valence-electron chi connectivity index (χ4n) is 2.47. The summed E-state index contributed by atoms with van der Waals surface area (Å²) < 4.78 is 40.1. The molecule has 8 heteroatoms. The Kier molecular flexibility index (Phi) is 6.26. The van der Waals surface area contributed by atoms with E-state index in [2.05, 4.69) is 14.5 Å².